The first kappa shape index (κ1) is 23.6. The van der Waals surface area contributed by atoms with E-state index in [-0.39, 0.29) is 18.6 Å². The number of amides is 1. The summed E-state index contributed by atoms with van der Waals surface area (Å²) in [5.74, 6) is 2.45. The van der Waals surface area contributed by atoms with E-state index < -0.39 is 0 Å². The van der Waals surface area contributed by atoms with Gasteiger partial charge in [0, 0.05) is 26.2 Å². The van der Waals surface area contributed by atoms with Gasteiger partial charge in [-0.2, -0.15) is 0 Å². The van der Waals surface area contributed by atoms with Crippen molar-refractivity contribution in [3.8, 4) is 17.2 Å². The van der Waals surface area contributed by atoms with Gasteiger partial charge < -0.3 is 19.1 Å². The van der Waals surface area contributed by atoms with Gasteiger partial charge in [-0.1, -0.05) is 42.5 Å². The summed E-state index contributed by atoms with van der Waals surface area (Å²) in [5.41, 5.74) is 3.41. The average Bonchev–Trinajstić information content (AvgIpc) is 2.89. The van der Waals surface area contributed by atoms with E-state index in [0.29, 0.717) is 13.1 Å². The second-order valence-corrected chi connectivity index (χ2v) is 8.42. The molecule has 0 aliphatic carbocycles. The number of carbonyl (C=O) groups excluding carboxylic acids is 1. The smallest absolute Gasteiger partial charge is 0.260 e. The Morgan fingerprint density at radius 3 is 1.82 bits per heavy atom. The fourth-order valence-corrected chi connectivity index (χ4v) is 4.37. The number of hydrogen-bond acceptors (Lipinski definition) is 5. The number of methoxy groups -OCH3 is 2. The molecule has 0 spiro atoms. The van der Waals surface area contributed by atoms with Crippen LogP contribution in [0, 0.1) is 6.92 Å². The topological polar surface area (TPSA) is 51.2 Å². The van der Waals surface area contributed by atoms with Gasteiger partial charge in [0.05, 0.1) is 20.3 Å². The summed E-state index contributed by atoms with van der Waals surface area (Å²) in [6.45, 7) is 4.93. The summed E-state index contributed by atoms with van der Waals surface area (Å²) in [7, 11) is 3.35. The van der Waals surface area contributed by atoms with E-state index in [2.05, 4.69) is 29.2 Å². The quantitative estimate of drug-likeness (QED) is 0.501. The molecule has 1 amide bonds. The highest BCUT2D eigenvalue weighted by Gasteiger charge is 2.28. The summed E-state index contributed by atoms with van der Waals surface area (Å²) >= 11 is 0. The van der Waals surface area contributed by atoms with Crippen LogP contribution in [0.1, 0.15) is 22.7 Å². The molecule has 0 unspecified atom stereocenters. The monoisotopic (exact) mass is 460 g/mol. The van der Waals surface area contributed by atoms with Crippen LogP contribution in [0.25, 0.3) is 0 Å². The zero-order chi connectivity index (χ0) is 23.9. The van der Waals surface area contributed by atoms with Crippen LogP contribution in [-0.4, -0.2) is 62.7 Å². The summed E-state index contributed by atoms with van der Waals surface area (Å²) < 4.78 is 16.5. The summed E-state index contributed by atoms with van der Waals surface area (Å²) in [5, 5.41) is 0. The van der Waals surface area contributed by atoms with Crippen LogP contribution in [0.4, 0.5) is 0 Å². The first-order valence-electron chi connectivity index (χ1n) is 11.6. The number of piperazine rings is 1. The van der Waals surface area contributed by atoms with Crippen LogP contribution >= 0.6 is 0 Å². The van der Waals surface area contributed by atoms with Gasteiger partial charge in [0.1, 0.15) is 17.2 Å². The highest BCUT2D eigenvalue weighted by molar-refractivity contribution is 5.78. The largest absolute Gasteiger partial charge is 0.497 e. The molecule has 0 atom stereocenters. The average molecular weight is 461 g/mol. The Morgan fingerprint density at radius 2 is 1.32 bits per heavy atom. The van der Waals surface area contributed by atoms with Crippen LogP contribution in [0.15, 0.2) is 72.8 Å². The number of rotatable bonds is 8. The van der Waals surface area contributed by atoms with E-state index in [1.807, 2.05) is 60.4 Å². The molecular formula is C28H32N2O4. The lowest BCUT2D eigenvalue weighted by atomic mass is 9.96. The van der Waals surface area contributed by atoms with Crippen molar-refractivity contribution in [3.05, 3.63) is 89.5 Å². The van der Waals surface area contributed by atoms with Crippen molar-refractivity contribution in [1.29, 1.82) is 0 Å². The molecule has 0 radical (unpaired) electrons. The molecule has 0 aromatic heterocycles. The lowest BCUT2D eigenvalue weighted by molar-refractivity contribution is -0.135. The fraction of sp³-hybridized carbons (Fsp3) is 0.321. The Bertz CT molecular complexity index is 1030. The van der Waals surface area contributed by atoms with Gasteiger partial charge in [-0.15, -0.1) is 0 Å². The van der Waals surface area contributed by atoms with Gasteiger partial charge >= 0.3 is 0 Å². The molecule has 6 heteroatoms. The zero-order valence-electron chi connectivity index (χ0n) is 20.1. The molecular weight excluding hydrogens is 428 g/mol. The molecule has 3 aromatic carbocycles. The van der Waals surface area contributed by atoms with Crippen molar-refractivity contribution in [3.63, 3.8) is 0 Å². The van der Waals surface area contributed by atoms with Crippen LogP contribution in [0.5, 0.6) is 17.2 Å². The van der Waals surface area contributed by atoms with E-state index in [4.69, 9.17) is 14.2 Å². The third kappa shape index (κ3) is 5.51. The van der Waals surface area contributed by atoms with Crippen LogP contribution in [0.2, 0.25) is 0 Å². The van der Waals surface area contributed by atoms with Crippen molar-refractivity contribution in [2.75, 3.05) is 47.0 Å². The molecule has 6 nitrogen and oxygen atoms in total. The van der Waals surface area contributed by atoms with Gasteiger partial charge in [0.25, 0.3) is 5.91 Å². The third-order valence-corrected chi connectivity index (χ3v) is 6.34. The van der Waals surface area contributed by atoms with Crippen LogP contribution in [-0.2, 0) is 4.79 Å². The molecule has 1 fully saturated rings. The van der Waals surface area contributed by atoms with Crippen molar-refractivity contribution < 1.29 is 19.0 Å². The zero-order valence-corrected chi connectivity index (χ0v) is 20.1. The summed E-state index contributed by atoms with van der Waals surface area (Å²) in [6.07, 6.45) is 0. The second-order valence-electron chi connectivity index (χ2n) is 8.42. The number of ether oxygens (including phenoxy) is 3. The Kier molecular flexibility index (Phi) is 7.70. The minimum Gasteiger partial charge on any atom is -0.497 e. The first-order valence-corrected chi connectivity index (χ1v) is 11.6. The number of nitrogens with zero attached hydrogens (tertiary/aromatic N) is 2. The Hall–Kier alpha value is -3.51. The van der Waals surface area contributed by atoms with Crippen LogP contribution < -0.4 is 14.2 Å². The minimum atomic E-state index is 0.0216. The minimum absolute atomic E-state index is 0.0216. The lowest BCUT2D eigenvalue weighted by Crippen LogP contribution is -2.51. The van der Waals surface area contributed by atoms with Gasteiger partial charge in [0.2, 0.25) is 0 Å². The molecule has 0 bridgehead atoms. The van der Waals surface area contributed by atoms with Gasteiger partial charge in [-0.05, 0) is 53.9 Å². The van der Waals surface area contributed by atoms with Crippen molar-refractivity contribution in [1.82, 2.24) is 9.80 Å². The normalized spacial score (nSPS) is 14.2. The Balaban J connectivity index is 1.44. The van der Waals surface area contributed by atoms with Gasteiger partial charge in [-0.3, -0.25) is 9.69 Å². The second kappa shape index (κ2) is 11.1. The van der Waals surface area contributed by atoms with E-state index >= 15 is 0 Å². The molecule has 1 aliphatic rings. The van der Waals surface area contributed by atoms with Gasteiger partial charge in [0.15, 0.2) is 6.61 Å². The number of hydrogen-bond donors (Lipinski definition) is 0. The predicted octanol–water partition coefficient (Wildman–Crippen LogP) is 4.32. The third-order valence-electron chi connectivity index (χ3n) is 6.34. The molecule has 1 heterocycles. The molecule has 0 N–H and O–H groups in total. The highest BCUT2D eigenvalue weighted by atomic mass is 16.5. The van der Waals surface area contributed by atoms with Crippen molar-refractivity contribution in [2.45, 2.75) is 13.0 Å². The predicted molar refractivity (Wildman–Crippen MR) is 133 cm³/mol. The summed E-state index contributed by atoms with van der Waals surface area (Å²) in [4.78, 5) is 17.1. The molecule has 1 aliphatic heterocycles. The van der Waals surface area contributed by atoms with Crippen molar-refractivity contribution >= 4 is 5.91 Å². The molecule has 34 heavy (non-hydrogen) atoms. The van der Waals surface area contributed by atoms with E-state index in [9.17, 15) is 4.79 Å². The standard InChI is InChI=1S/C28H32N2O4/c1-21-6-4-5-7-26(21)34-20-27(31)29-16-18-30(19-17-29)28(22-8-12-24(32-2)13-9-22)23-10-14-25(33-3)15-11-23/h4-15,28H,16-20H2,1-3H3. The molecule has 1 saturated heterocycles. The van der Waals surface area contributed by atoms with Gasteiger partial charge in [-0.25, -0.2) is 0 Å². The maximum Gasteiger partial charge on any atom is 0.260 e. The lowest BCUT2D eigenvalue weighted by Gasteiger charge is -2.39. The maximum absolute atomic E-state index is 12.8. The number of benzene rings is 3. The molecule has 3 aromatic rings. The number of aryl methyl sites for hydroxylation is 1. The molecule has 178 valence electrons. The number of carbonyl (C=O) groups is 1. The first-order chi connectivity index (χ1) is 16.6. The fourth-order valence-electron chi connectivity index (χ4n) is 4.37. The number of para-hydroxylation sites is 1. The Morgan fingerprint density at radius 1 is 0.794 bits per heavy atom. The van der Waals surface area contributed by atoms with E-state index in [1.165, 1.54) is 11.1 Å². The molecule has 4 rings (SSSR count). The summed E-state index contributed by atoms with van der Waals surface area (Å²) in [6, 6.07) is 24.3. The van der Waals surface area contributed by atoms with E-state index in [0.717, 1.165) is 35.9 Å². The van der Waals surface area contributed by atoms with Crippen molar-refractivity contribution in [2.24, 2.45) is 0 Å². The SMILES string of the molecule is COc1ccc(C(c2ccc(OC)cc2)N2CCN(C(=O)COc3ccccc3C)CC2)cc1. The van der Waals surface area contributed by atoms with E-state index in [1.54, 1.807) is 14.2 Å². The molecule has 0 saturated carbocycles. The highest BCUT2D eigenvalue weighted by Crippen LogP contribution is 2.32. The maximum atomic E-state index is 12.8. The van der Waals surface area contributed by atoms with Crippen LogP contribution in [0.3, 0.4) is 0 Å². The Labute approximate surface area is 201 Å².